The highest BCUT2D eigenvalue weighted by molar-refractivity contribution is 5.70. The van der Waals surface area contributed by atoms with Gasteiger partial charge in [0.25, 0.3) is 0 Å². The first-order valence-electron chi connectivity index (χ1n) is 6.53. The molecule has 1 N–H and O–H groups in total. The standard InChI is InChI=1S/C13H26N2O2/c1-5-6-7-15-9-11(12(16)17)8-14(4)10-13(15,2)3/h11H,5-10H2,1-4H3,(H,16,17). The molecule has 1 fully saturated rings. The lowest BCUT2D eigenvalue weighted by molar-refractivity contribution is -0.142. The smallest absolute Gasteiger partial charge is 0.309 e. The first-order chi connectivity index (χ1) is 7.86. The zero-order valence-electron chi connectivity index (χ0n) is 11.6. The van der Waals surface area contributed by atoms with Crippen molar-refractivity contribution < 1.29 is 9.90 Å². The second kappa shape index (κ2) is 5.83. The molecule has 4 nitrogen and oxygen atoms in total. The average Bonchev–Trinajstić information content (AvgIpc) is 2.31. The number of likely N-dealkylation sites (N-methyl/N-ethyl adjacent to an activating group) is 1. The van der Waals surface area contributed by atoms with Gasteiger partial charge < -0.3 is 10.0 Å². The molecule has 1 rings (SSSR count). The van der Waals surface area contributed by atoms with E-state index in [1.165, 1.54) is 0 Å². The van der Waals surface area contributed by atoms with Crippen LogP contribution in [0, 0.1) is 5.92 Å². The highest BCUT2D eigenvalue weighted by Gasteiger charge is 2.35. The van der Waals surface area contributed by atoms with Crippen LogP contribution in [0.2, 0.25) is 0 Å². The Kier molecular flexibility index (Phi) is 4.95. The summed E-state index contributed by atoms with van der Waals surface area (Å²) in [5.74, 6) is -0.935. The average molecular weight is 242 g/mol. The van der Waals surface area contributed by atoms with Gasteiger partial charge in [-0.2, -0.15) is 0 Å². The van der Waals surface area contributed by atoms with Gasteiger partial charge in [0.1, 0.15) is 0 Å². The lowest BCUT2D eigenvalue weighted by Gasteiger charge is -2.38. The van der Waals surface area contributed by atoms with Crippen LogP contribution in [0.1, 0.15) is 33.6 Å². The first-order valence-corrected chi connectivity index (χ1v) is 6.53. The molecule has 0 spiro atoms. The Morgan fingerprint density at radius 2 is 2.06 bits per heavy atom. The molecule has 0 saturated carbocycles. The van der Waals surface area contributed by atoms with E-state index < -0.39 is 5.97 Å². The minimum absolute atomic E-state index is 0.0636. The van der Waals surface area contributed by atoms with Crippen LogP contribution in [0.5, 0.6) is 0 Å². The maximum Gasteiger partial charge on any atom is 0.309 e. The van der Waals surface area contributed by atoms with Crippen LogP contribution in [-0.2, 0) is 4.79 Å². The van der Waals surface area contributed by atoms with Crippen LogP contribution < -0.4 is 0 Å². The normalized spacial score (nSPS) is 26.7. The Morgan fingerprint density at radius 1 is 1.41 bits per heavy atom. The number of hydrogen-bond donors (Lipinski definition) is 1. The SMILES string of the molecule is CCCCN1CC(C(=O)O)CN(C)CC1(C)C. The third-order valence-corrected chi connectivity index (χ3v) is 3.62. The summed E-state index contributed by atoms with van der Waals surface area (Å²) in [5, 5.41) is 9.24. The Balaban J connectivity index is 2.78. The van der Waals surface area contributed by atoms with Gasteiger partial charge in [0, 0.05) is 25.2 Å². The molecule has 1 unspecified atom stereocenters. The highest BCUT2D eigenvalue weighted by Crippen LogP contribution is 2.23. The van der Waals surface area contributed by atoms with Gasteiger partial charge in [-0.25, -0.2) is 0 Å². The van der Waals surface area contributed by atoms with Gasteiger partial charge in [-0.3, -0.25) is 9.69 Å². The van der Waals surface area contributed by atoms with Gasteiger partial charge >= 0.3 is 5.97 Å². The number of carboxylic acids is 1. The predicted octanol–water partition coefficient (Wildman–Crippen LogP) is 1.51. The third kappa shape index (κ3) is 3.96. The van der Waals surface area contributed by atoms with E-state index in [0.29, 0.717) is 13.1 Å². The minimum Gasteiger partial charge on any atom is -0.481 e. The Morgan fingerprint density at radius 3 is 2.59 bits per heavy atom. The molecule has 0 aromatic carbocycles. The van der Waals surface area contributed by atoms with Crippen LogP contribution in [0.25, 0.3) is 0 Å². The van der Waals surface area contributed by atoms with Gasteiger partial charge in [0.2, 0.25) is 0 Å². The van der Waals surface area contributed by atoms with E-state index in [1.807, 2.05) is 7.05 Å². The van der Waals surface area contributed by atoms with Gasteiger partial charge in [-0.05, 0) is 33.9 Å². The summed E-state index contributed by atoms with van der Waals surface area (Å²) in [6, 6.07) is 0. The summed E-state index contributed by atoms with van der Waals surface area (Å²) < 4.78 is 0. The molecule has 0 bridgehead atoms. The molecular weight excluding hydrogens is 216 g/mol. The fraction of sp³-hybridized carbons (Fsp3) is 0.923. The van der Waals surface area contributed by atoms with Crippen molar-refractivity contribution in [2.45, 2.75) is 39.2 Å². The van der Waals surface area contributed by atoms with E-state index in [1.54, 1.807) is 0 Å². The molecule has 0 aliphatic carbocycles. The lowest BCUT2D eigenvalue weighted by Crippen LogP contribution is -2.49. The monoisotopic (exact) mass is 242 g/mol. The van der Waals surface area contributed by atoms with Crippen molar-refractivity contribution in [2.24, 2.45) is 5.92 Å². The molecule has 0 aromatic rings. The fourth-order valence-electron chi connectivity index (χ4n) is 2.67. The van der Waals surface area contributed by atoms with Crippen molar-refractivity contribution in [3.63, 3.8) is 0 Å². The van der Waals surface area contributed by atoms with E-state index in [0.717, 1.165) is 25.9 Å². The summed E-state index contributed by atoms with van der Waals surface area (Å²) in [6.45, 7) is 9.86. The molecule has 1 aliphatic heterocycles. The maximum absolute atomic E-state index is 11.2. The van der Waals surface area contributed by atoms with E-state index >= 15 is 0 Å². The highest BCUT2D eigenvalue weighted by atomic mass is 16.4. The van der Waals surface area contributed by atoms with Gasteiger partial charge in [0.05, 0.1) is 5.92 Å². The zero-order valence-corrected chi connectivity index (χ0v) is 11.6. The van der Waals surface area contributed by atoms with Crippen molar-refractivity contribution in [3.8, 4) is 0 Å². The van der Waals surface area contributed by atoms with E-state index in [9.17, 15) is 9.90 Å². The molecule has 17 heavy (non-hydrogen) atoms. The first kappa shape index (κ1) is 14.5. The topological polar surface area (TPSA) is 43.8 Å². The van der Waals surface area contributed by atoms with Crippen molar-refractivity contribution in [1.82, 2.24) is 9.80 Å². The summed E-state index contributed by atoms with van der Waals surface area (Å²) >= 11 is 0. The maximum atomic E-state index is 11.2. The molecule has 0 radical (unpaired) electrons. The van der Waals surface area contributed by atoms with Crippen LogP contribution in [0.4, 0.5) is 0 Å². The second-order valence-corrected chi connectivity index (χ2v) is 5.84. The largest absolute Gasteiger partial charge is 0.481 e. The van der Waals surface area contributed by atoms with E-state index in [4.69, 9.17) is 0 Å². The van der Waals surface area contributed by atoms with Crippen LogP contribution >= 0.6 is 0 Å². The van der Waals surface area contributed by atoms with Gasteiger partial charge in [-0.1, -0.05) is 13.3 Å². The quantitative estimate of drug-likeness (QED) is 0.811. The Labute approximate surface area is 105 Å². The van der Waals surface area contributed by atoms with E-state index in [-0.39, 0.29) is 11.5 Å². The molecule has 1 aliphatic rings. The second-order valence-electron chi connectivity index (χ2n) is 5.84. The minimum atomic E-state index is -0.670. The van der Waals surface area contributed by atoms with Crippen molar-refractivity contribution in [3.05, 3.63) is 0 Å². The summed E-state index contributed by atoms with van der Waals surface area (Å²) in [5.41, 5.74) is 0.0636. The Hall–Kier alpha value is -0.610. The molecule has 100 valence electrons. The molecule has 0 aromatic heterocycles. The zero-order chi connectivity index (χ0) is 13.1. The van der Waals surface area contributed by atoms with Gasteiger partial charge in [-0.15, -0.1) is 0 Å². The number of carboxylic acid groups (broad SMARTS) is 1. The number of hydrogen-bond acceptors (Lipinski definition) is 3. The Bertz CT molecular complexity index is 266. The molecule has 1 saturated heterocycles. The summed E-state index contributed by atoms with van der Waals surface area (Å²) in [7, 11) is 2.01. The number of rotatable bonds is 4. The number of unbranched alkanes of at least 4 members (excludes halogenated alkanes) is 1. The molecule has 4 heteroatoms. The number of carbonyl (C=O) groups is 1. The fourth-order valence-corrected chi connectivity index (χ4v) is 2.67. The molecule has 1 atom stereocenters. The number of nitrogens with zero attached hydrogens (tertiary/aromatic N) is 2. The molecule has 0 amide bonds. The third-order valence-electron chi connectivity index (χ3n) is 3.62. The summed E-state index contributed by atoms with van der Waals surface area (Å²) in [6.07, 6.45) is 2.29. The van der Waals surface area contributed by atoms with Crippen LogP contribution in [0.15, 0.2) is 0 Å². The molecule has 1 heterocycles. The number of aliphatic carboxylic acids is 1. The summed E-state index contributed by atoms with van der Waals surface area (Å²) in [4.78, 5) is 15.7. The van der Waals surface area contributed by atoms with Crippen LogP contribution in [-0.4, -0.2) is 59.6 Å². The van der Waals surface area contributed by atoms with Gasteiger partial charge in [0.15, 0.2) is 0 Å². The van der Waals surface area contributed by atoms with Crippen molar-refractivity contribution >= 4 is 5.97 Å². The van der Waals surface area contributed by atoms with Crippen molar-refractivity contribution in [2.75, 3.05) is 33.2 Å². The predicted molar refractivity (Wildman–Crippen MR) is 69.2 cm³/mol. The lowest BCUT2D eigenvalue weighted by atomic mass is 10.0. The van der Waals surface area contributed by atoms with Crippen LogP contribution in [0.3, 0.4) is 0 Å². The molecular formula is C13H26N2O2. The van der Waals surface area contributed by atoms with Crippen molar-refractivity contribution in [1.29, 1.82) is 0 Å². The van der Waals surface area contributed by atoms with E-state index in [2.05, 4.69) is 30.6 Å².